The van der Waals surface area contributed by atoms with Gasteiger partial charge in [-0.1, -0.05) is 43.7 Å². The van der Waals surface area contributed by atoms with Crippen LogP contribution >= 0.6 is 0 Å². The van der Waals surface area contributed by atoms with E-state index in [4.69, 9.17) is 10.7 Å². The fourth-order valence-electron chi connectivity index (χ4n) is 2.88. The molecule has 0 aliphatic carbocycles. The molecule has 108 valence electrons. The van der Waals surface area contributed by atoms with Gasteiger partial charge in [0.2, 0.25) is 0 Å². The molecule has 0 aliphatic heterocycles. The molecule has 1 atom stereocenters. The van der Waals surface area contributed by atoms with Crippen molar-refractivity contribution in [1.82, 2.24) is 9.55 Å². The lowest BCUT2D eigenvalue weighted by atomic mass is 9.96. The van der Waals surface area contributed by atoms with E-state index in [0.717, 1.165) is 35.4 Å². The summed E-state index contributed by atoms with van der Waals surface area (Å²) in [4.78, 5) is 4.82. The summed E-state index contributed by atoms with van der Waals surface area (Å²) < 4.78 is 2.19. The molecule has 0 amide bonds. The molecule has 0 radical (unpaired) electrons. The van der Waals surface area contributed by atoms with Gasteiger partial charge in [0.15, 0.2) is 0 Å². The van der Waals surface area contributed by atoms with E-state index < -0.39 is 5.54 Å². The highest BCUT2D eigenvalue weighted by Gasteiger charge is 2.28. The SMILES string of the molecule is CCCC(C)(N)c1nc2ccccc2n1-c1ccccc1. The molecule has 0 aliphatic rings. The van der Waals surface area contributed by atoms with E-state index in [0.29, 0.717) is 0 Å². The fourth-order valence-corrected chi connectivity index (χ4v) is 2.88. The van der Waals surface area contributed by atoms with Crippen LogP contribution in [-0.2, 0) is 5.54 Å². The summed E-state index contributed by atoms with van der Waals surface area (Å²) >= 11 is 0. The normalized spacial score (nSPS) is 14.2. The second-order valence-corrected chi connectivity index (χ2v) is 5.76. The number of imidazole rings is 1. The molecule has 3 heteroatoms. The molecule has 0 saturated heterocycles. The molecule has 0 spiro atoms. The third-order valence-corrected chi connectivity index (χ3v) is 3.86. The first-order valence-corrected chi connectivity index (χ1v) is 7.46. The lowest BCUT2D eigenvalue weighted by Crippen LogP contribution is -2.35. The predicted molar refractivity (Wildman–Crippen MR) is 87.5 cm³/mol. The Balaban J connectivity index is 2.29. The Morgan fingerprint density at radius 1 is 1.05 bits per heavy atom. The number of rotatable bonds is 4. The van der Waals surface area contributed by atoms with E-state index in [1.54, 1.807) is 0 Å². The van der Waals surface area contributed by atoms with E-state index in [1.807, 2.05) is 36.4 Å². The quantitative estimate of drug-likeness (QED) is 0.784. The van der Waals surface area contributed by atoms with Gasteiger partial charge in [-0.05, 0) is 37.6 Å². The third-order valence-electron chi connectivity index (χ3n) is 3.86. The summed E-state index contributed by atoms with van der Waals surface area (Å²) in [6.45, 7) is 4.22. The lowest BCUT2D eigenvalue weighted by Gasteiger charge is -2.24. The van der Waals surface area contributed by atoms with Gasteiger partial charge in [-0.3, -0.25) is 4.57 Å². The van der Waals surface area contributed by atoms with E-state index >= 15 is 0 Å². The highest BCUT2D eigenvalue weighted by molar-refractivity contribution is 5.78. The van der Waals surface area contributed by atoms with Crippen LogP contribution in [-0.4, -0.2) is 9.55 Å². The molecule has 3 aromatic rings. The van der Waals surface area contributed by atoms with E-state index in [9.17, 15) is 0 Å². The summed E-state index contributed by atoms with van der Waals surface area (Å²) in [6, 6.07) is 18.5. The van der Waals surface area contributed by atoms with Gasteiger partial charge in [0.25, 0.3) is 0 Å². The van der Waals surface area contributed by atoms with Crippen LogP contribution in [0, 0.1) is 0 Å². The van der Waals surface area contributed by atoms with E-state index in [-0.39, 0.29) is 0 Å². The summed E-state index contributed by atoms with van der Waals surface area (Å²) in [5, 5.41) is 0. The van der Waals surface area contributed by atoms with Gasteiger partial charge in [-0.2, -0.15) is 0 Å². The summed E-state index contributed by atoms with van der Waals surface area (Å²) in [5.41, 5.74) is 9.33. The molecule has 0 fully saturated rings. The molecule has 0 bridgehead atoms. The molecular formula is C18H21N3. The lowest BCUT2D eigenvalue weighted by molar-refractivity contribution is 0.416. The average Bonchev–Trinajstić information content (AvgIpc) is 2.88. The zero-order valence-electron chi connectivity index (χ0n) is 12.6. The van der Waals surface area contributed by atoms with Crippen molar-refractivity contribution in [3.05, 3.63) is 60.4 Å². The Morgan fingerprint density at radius 3 is 2.43 bits per heavy atom. The van der Waals surface area contributed by atoms with Crippen molar-refractivity contribution in [3.8, 4) is 5.69 Å². The molecular weight excluding hydrogens is 258 g/mol. The summed E-state index contributed by atoms with van der Waals surface area (Å²) in [5.74, 6) is 0.928. The third kappa shape index (κ3) is 2.45. The molecule has 2 aromatic carbocycles. The topological polar surface area (TPSA) is 43.8 Å². The van der Waals surface area contributed by atoms with Gasteiger partial charge < -0.3 is 5.73 Å². The fraction of sp³-hybridized carbons (Fsp3) is 0.278. The molecule has 3 nitrogen and oxygen atoms in total. The molecule has 21 heavy (non-hydrogen) atoms. The van der Waals surface area contributed by atoms with Gasteiger partial charge >= 0.3 is 0 Å². The largest absolute Gasteiger partial charge is 0.319 e. The van der Waals surface area contributed by atoms with Crippen LogP contribution in [0.15, 0.2) is 54.6 Å². The van der Waals surface area contributed by atoms with Gasteiger partial charge in [0.05, 0.1) is 16.6 Å². The number of hydrogen-bond acceptors (Lipinski definition) is 2. The van der Waals surface area contributed by atoms with Crippen LogP contribution in [0.3, 0.4) is 0 Å². The van der Waals surface area contributed by atoms with Gasteiger partial charge in [0, 0.05) is 5.69 Å². The Labute approximate surface area is 125 Å². The maximum absolute atomic E-state index is 6.57. The van der Waals surface area contributed by atoms with Crippen molar-refractivity contribution in [2.75, 3.05) is 0 Å². The number of para-hydroxylation sites is 3. The smallest absolute Gasteiger partial charge is 0.134 e. The van der Waals surface area contributed by atoms with E-state index in [2.05, 4.69) is 36.6 Å². The van der Waals surface area contributed by atoms with Gasteiger partial charge in [0.1, 0.15) is 5.82 Å². The first kappa shape index (κ1) is 13.8. The van der Waals surface area contributed by atoms with Crippen LogP contribution < -0.4 is 5.73 Å². The summed E-state index contributed by atoms with van der Waals surface area (Å²) in [6.07, 6.45) is 1.94. The first-order chi connectivity index (χ1) is 10.1. The minimum atomic E-state index is -0.441. The highest BCUT2D eigenvalue weighted by Crippen LogP contribution is 2.29. The minimum absolute atomic E-state index is 0.441. The van der Waals surface area contributed by atoms with Crippen molar-refractivity contribution in [2.45, 2.75) is 32.2 Å². The molecule has 1 aromatic heterocycles. The number of aromatic nitrogens is 2. The van der Waals surface area contributed by atoms with Gasteiger partial charge in [-0.25, -0.2) is 4.98 Å². The van der Waals surface area contributed by atoms with Crippen LogP contribution in [0.25, 0.3) is 16.7 Å². The maximum Gasteiger partial charge on any atom is 0.134 e. The molecule has 0 saturated carbocycles. The molecule has 2 N–H and O–H groups in total. The van der Waals surface area contributed by atoms with Crippen LogP contribution in [0.1, 0.15) is 32.5 Å². The molecule has 3 rings (SSSR count). The van der Waals surface area contributed by atoms with Crippen molar-refractivity contribution in [2.24, 2.45) is 5.73 Å². The molecule has 1 heterocycles. The zero-order valence-corrected chi connectivity index (χ0v) is 12.6. The standard InChI is InChI=1S/C18H21N3/c1-3-13-18(2,19)17-20-15-11-7-8-12-16(15)21(17)14-9-5-4-6-10-14/h4-12H,3,13,19H2,1-2H3. The van der Waals surface area contributed by atoms with Crippen molar-refractivity contribution in [3.63, 3.8) is 0 Å². The molecule has 1 unspecified atom stereocenters. The monoisotopic (exact) mass is 279 g/mol. The number of hydrogen-bond donors (Lipinski definition) is 1. The second-order valence-electron chi connectivity index (χ2n) is 5.76. The average molecular weight is 279 g/mol. The van der Waals surface area contributed by atoms with Crippen molar-refractivity contribution in [1.29, 1.82) is 0 Å². The zero-order chi connectivity index (χ0) is 14.9. The summed E-state index contributed by atoms with van der Waals surface area (Å²) in [7, 11) is 0. The predicted octanol–water partition coefficient (Wildman–Crippen LogP) is 4.00. The van der Waals surface area contributed by atoms with Crippen molar-refractivity contribution < 1.29 is 0 Å². The van der Waals surface area contributed by atoms with Crippen LogP contribution in [0.5, 0.6) is 0 Å². The Kier molecular flexibility index (Phi) is 3.52. The highest BCUT2D eigenvalue weighted by atomic mass is 15.1. The van der Waals surface area contributed by atoms with Gasteiger partial charge in [-0.15, -0.1) is 0 Å². The Hall–Kier alpha value is -2.13. The van der Waals surface area contributed by atoms with E-state index in [1.165, 1.54) is 0 Å². The first-order valence-electron chi connectivity index (χ1n) is 7.46. The number of fused-ring (bicyclic) bond motifs is 1. The van der Waals surface area contributed by atoms with Crippen LogP contribution in [0.4, 0.5) is 0 Å². The second kappa shape index (κ2) is 5.34. The number of benzene rings is 2. The Bertz CT molecular complexity index is 742. The number of nitrogens with zero attached hydrogens (tertiary/aromatic N) is 2. The van der Waals surface area contributed by atoms with Crippen LogP contribution in [0.2, 0.25) is 0 Å². The van der Waals surface area contributed by atoms with Crippen molar-refractivity contribution >= 4 is 11.0 Å². The Morgan fingerprint density at radius 2 is 1.71 bits per heavy atom. The minimum Gasteiger partial charge on any atom is -0.319 e. The number of nitrogens with two attached hydrogens (primary N) is 1. The maximum atomic E-state index is 6.57.